The molecule has 1 N–H and O–H groups in total. The summed E-state index contributed by atoms with van der Waals surface area (Å²) in [6.07, 6.45) is 0.876. The molecule has 0 aliphatic rings. The molecule has 0 saturated heterocycles. The minimum Gasteiger partial charge on any atom is -0.507 e. The van der Waals surface area contributed by atoms with Crippen LogP contribution >= 0.6 is 0 Å². The number of phenolic OH excluding ortho intramolecular Hbond substituents is 1. The highest BCUT2D eigenvalue weighted by Gasteiger charge is 2.26. The van der Waals surface area contributed by atoms with E-state index in [2.05, 4.69) is 71.9 Å². The molecule has 0 aromatic heterocycles. The van der Waals surface area contributed by atoms with Gasteiger partial charge in [0.25, 0.3) is 0 Å². The first-order chi connectivity index (χ1) is 10.1. The van der Waals surface area contributed by atoms with Crippen molar-refractivity contribution in [3.05, 3.63) is 64.7 Å². The molecule has 0 aliphatic carbocycles. The number of hydrogen-bond donors (Lipinski definition) is 1. The fourth-order valence-electron chi connectivity index (χ4n) is 2.71. The quantitative estimate of drug-likeness (QED) is 0.788. The van der Waals surface area contributed by atoms with Gasteiger partial charge in [-0.2, -0.15) is 0 Å². The topological polar surface area (TPSA) is 20.2 Å². The van der Waals surface area contributed by atoms with Gasteiger partial charge in [-0.15, -0.1) is 0 Å². The second kappa shape index (κ2) is 5.79. The van der Waals surface area contributed by atoms with E-state index in [4.69, 9.17) is 0 Å². The summed E-state index contributed by atoms with van der Waals surface area (Å²) in [4.78, 5) is 0. The first-order valence-electron chi connectivity index (χ1n) is 7.91. The Labute approximate surface area is 135 Å². The lowest BCUT2D eigenvalue weighted by Crippen LogP contribution is -2.18. The fourth-order valence-corrected chi connectivity index (χ4v) is 2.71. The van der Waals surface area contributed by atoms with Gasteiger partial charge in [-0.1, -0.05) is 77.9 Å². The van der Waals surface area contributed by atoms with Crippen molar-refractivity contribution in [3.8, 4) is 5.75 Å². The number of phenols is 1. The highest BCUT2D eigenvalue weighted by Crippen LogP contribution is 2.40. The Morgan fingerprint density at radius 3 is 1.68 bits per heavy atom. The van der Waals surface area contributed by atoms with Crippen molar-refractivity contribution in [2.24, 2.45) is 0 Å². The molecule has 0 saturated carbocycles. The highest BCUT2D eigenvalue weighted by atomic mass is 16.3. The minimum absolute atomic E-state index is 0.0788. The zero-order valence-electron chi connectivity index (χ0n) is 14.6. The molecule has 1 nitrogen and oxygen atoms in total. The number of benzene rings is 2. The van der Waals surface area contributed by atoms with Crippen molar-refractivity contribution in [3.63, 3.8) is 0 Å². The maximum atomic E-state index is 10.7. The Hall–Kier alpha value is -1.76. The van der Waals surface area contributed by atoms with E-state index in [-0.39, 0.29) is 10.8 Å². The molecule has 117 valence electrons. The average molecular weight is 295 g/mol. The van der Waals surface area contributed by atoms with Crippen molar-refractivity contribution in [2.75, 3.05) is 0 Å². The zero-order valence-corrected chi connectivity index (χ0v) is 14.6. The molecule has 0 heterocycles. The summed E-state index contributed by atoms with van der Waals surface area (Å²) in [6, 6.07) is 15.5. The van der Waals surface area contributed by atoms with Gasteiger partial charge in [0.15, 0.2) is 0 Å². The summed E-state index contributed by atoms with van der Waals surface area (Å²) in [7, 11) is 0. The zero-order chi connectivity index (χ0) is 16.5. The van der Waals surface area contributed by atoms with Gasteiger partial charge in [0.05, 0.1) is 0 Å². The molecule has 0 fully saturated rings. The van der Waals surface area contributed by atoms with Crippen molar-refractivity contribution in [1.82, 2.24) is 0 Å². The van der Waals surface area contributed by atoms with E-state index in [1.165, 1.54) is 11.1 Å². The van der Waals surface area contributed by atoms with E-state index in [1.807, 2.05) is 12.1 Å². The van der Waals surface area contributed by atoms with E-state index >= 15 is 0 Å². The van der Waals surface area contributed by atoms with Crippen molar-refractivity contribution < 1.29 is 5.11 Å². The molecular formula is C21H27O. The third-order valence-corrected chi connectivity index (χ3v) is 3.98. The Kier molecular flexibility index (Phi) is 4.37. The van der Waals surface area contributed by atoms with Crippen LogP contribution in [0.4, 0.5) is 0 Å². The monoisotopic (exact) mass is 295 g/mol. The van der Waals surface area contributed by atoms with Gasteiger partial charge in [-0.25, -0.2) is 0 Å². The van der Waals surface area contributed by atoms with E-state index < -0.39 is 0 Å². The van der Waals surface area contributed by atoms with Crippen LogP contribution in [0.5, 0.6) is 5.75 Å². The summed E-state index contributed by atoms with van der Waals surface area (Å²) in [5.41, 5.74) is 4.41. The molecule has 1 heteroatoms. The lowest BCUT2D eigenvalue weighted by molar-refractivity contribution is 0.423. The average Bonchev–Trinajstić information content (AvgIpc) is 2.39. The van der Waals surface area contributed by atoms with E-state index in [0.717, 1.165) is 17.5 Å². The van der Waals surface area contributed by atoms with Gasteiger partial charge in [-0.3, -0.25) is 0 Å². The lowest BCUT2D eigenvalue weighted by Gasteiger charge is -2.28. The second-order valence-electron chi connectivity index (χ2n) is 8.12. The van der Waals surface area contributed by atoms with Crippen LogP contribution in [0.3, 0.4) is 0 Å². The van der Waals surface area contributed by atoms with Crippen LogP contribution in [-0.2, 0) is 17.3 Å². The third-order valence-electron chi connectivity index (χ3n) is 3.98. The van der Waals surface area contributed by atoms with E-state index in [9.17, 15) is 5.11 Å². The molecule has 1 radical (unpaired) electrons. The van der Waals surface area contributed by atoms with Crippen molar-refractivity contribution >= 4 is 0 Å². The molecule has 0 amide bonds. The highest BCUT2D eigenvalue weighted by molar-refractivity contribution is 5.50. The van der Waals surface area contributed by atoms with Gasteiger partial charge in [0.1, 0.15) is 5.75 Å². The number of hydrogen-bond acceptors (Lipinski definition) is 1. The summed E-state index contributed by atoms with van der Waals surface area (Å²) in [6.45, 7) is 12.9. The van der Waals surface area contributed by atoms with Crippen molar-refractivity contribution in [2.45, 2.75) is 58.8 Å². The van der Waals surface area contributed by atoms with Gasteiger partial charge in [0.2, 0.25) is 0 Å². The summed E-state index contributed by atoms with van der Waals surface area (Å²) < 4.78 is 0. The maximum Gasteiger partial charge on any atom is 0.123 e. The van der Waals surface area contributed by atoms with Crippen LogP contribution < -0.4 is 0 Å². The molecule has 0 bridgehead atoms. The Balaban J connectivity index is 2.56. The fraction of sp³-hybridized carbons (Fsp3) is 0.429. The molecule has 0 spiro atoms. The van der Waals surface area contributed by atoms with Crippen LogP contribution in [0, 0.1) is 6.07 Å². The van der Waals surface area contributed by atoms with E-state index in [0.29, 0.717) is 5.75 Å². The Bertz CT molecular complexity index is 605. The Morgan fingerprint density at radius 2 is 1.27 bits per heavy atom. The summed E-state index contributed by atoms with van der Waals surface area (Å²) in [5, 5.41) is 10.7. The molecule has 0 aliphatic heterocycles. The molecule has 2 aromatic rings. The number of rotatable bonds is 2. The second-order valence-corrected chi connectivity index (χ2v) is 8.12. The third kappa shape index (κ3) is 3.71. The normalized spacial score (nSPS) is 12.5. The van der Waals surface area contributed by atoms with Gasteiger partial charge in [-0.05, 0) is 45.6 Å². The maximum absolute atomic E-state index is 10.7. The largest absolute Gasteiger partial charge is 0.507 e. The van der Waals surface area contributed by atoms with Crippen molar-refractivity contribution in [1.29, 1.82) is 0 Å². The molecule has 0 unspecified atom stereocenters. The summed E-state index contributed by atoms with van der Waals surface area (Å²) in [5.74, 6) is 0.449. The molecule has 2 rings (SSSR count). The van der Waals surface area contributed by atoms with Crippen LogP contribution in [0.1, 0.15) is 63.8 Å². The van der Waals surface area contributed by atoms with Crippen LogP contribution in [-0.4, -0.2) is 5.11 Å². The van der Waals surface area contributed by atoms with Gasteiger partial charge >= 0.3 is 0 Å². The SMILES string of the molecule is CC(C)(C)c1cc(Cc2cc[c]cc2)cc(C(C)(C)C)c1O. The molecule has 2 aromatic carbocycles. The predicted molar refractivity (Wildman–Crippen MR) is 93.6 cm³/mol. The number of aromatic hydroxyl groups is 1. The lowest BCUT2D eigenvalue weighted by atomic mass is 9.78. The molecule has 0 atom stereocenters. The Morgan fingerprint density at radius 1 is 0.818 bits per heavy atom. The van der Waals surface area contributed by atoms with E-state index in [1.54, 1.807) is 0 Å². The molecular weight excluding hydrogens is 268 g/mol. The minimum atomic E-state index is -0.0788. The van der Waals surface area contributed by atoms with Gasteiger partial charge in [0, 0.05) is 0 Å². The van der Waals surface area contributed by atoms with Crippen LogP contribution in [0.15, 0.2) is 36.4 Å². The van der Waals surface area contributed by atoms with Crippen LogP contribution in [0.2, 0.25) is 0 Å². The predicted octanol–water partition coefficient (Wildman–Crippen LogP) is 5.38. The standard InChI is InChI=1S/C21H27O/c1-20(2,3)17-13-16(12-15-10-8-7-9-11-15)14-18(19(17)22)21(4,5)6/h8-11,13-14,22H,12H2,1-6H3. The molecule has 22 heavy (non-hydrogen) atoms. The first-order valence-corrected chi connectivity index (χ1v) is 7.91. The first kappa shape index (κ1) is 16.6. The smallest absolute Gasteiger partial charge is 0.123 e. The van der Waals surface area contributed by atoms with Gasteiger partial charge < -0.3 is 5.11 Å². The van der Waals surface area contributed by atoms with Crippen LogP contribution in [0.25, 0.3) is 0 Å². The summed E-state index contributed by atoms with van der Waals surface area (Å²) >= 11 is 0.